The maximum absolute atomic E-state index is 12.5. The van der Waals surface area contributed by atoms with E-state index in [0.29, 0.717) is 26.2 Å². The molecule has 1 saturated heterocycles. The molecule has 2 N–H and O–H groups in total. The molecule has 1 aliphatic rings. The van der Waals surface area contributed by atoms with E-state index in [2.05, 4.69) is 5.32 Å². The van der Waals surface area contributed by atoms with E-state index in [1.807, 2.05) is 0 Å². The van der Waals surface area contributed by atoms with Crippen molar-refractivity contribution in [2.45, 2.75) is 12.8 Å². The summed E-state index contributed by atoms with van der Waals surface area (Å²) in [5.41, 5.74) is 0. The first-order chi connectivity index (χ1) is 8.42. The van der Waals surface area contributed by atoms with Crippen LogP contribution < -0.4 is 5.32 Å². The molecule has 0 spiro atoms. The molecule has 8 heteroatoms. The first-order valence-corrected chi connectivity index (χ1v) is 7.49. The second-order valence-electron chi connectivity index (χ2n) is 4.44. The van der Waals surface area contributed by atoms with Gasteiger partial charge in [-0.2, -0.15) is 8.42 Å². The fourth-order valence-corrected chi connectivity index (χ4v) is 2.85. The third kappa shape index (κ3) is 5.74. The predicted octanol–water partition coefficient (Wildman–Crippen LogP) is -0.894. The molecular weight excluding hydrogens is 263 g/mol. The smallest absolute Gasteiger partial charge is 0.302 e. The molecule has 1 fully saturated rings. The van der Waals surface area contributed by atoms with Crippen molar-refractivity contribution in [3.05, 3.63) is 0 Å². The van der Waals surface area contributed by atoms with Gasteiger partial charge in [0.1, 0.15) is 0 Å². The minimum absolute atomic E-state index is 0.0685. The minimum Gasteiger partial charge on any atom is -0.395 e. The van der Waals surface area contributed by atoms with Gasteiger partial charge in [0.05, 0.1) is 12.4 Å². The number of aliphatic hydroxyl groups is 1. The minimum atomic E-state index is -4.51. The summed E-state index contributed by atoms with van der Waals surface area (Å²) in [4.78, 5) is 13.1. The highest BCUT2D eigenvalue weighted by atomic mass is 32.3. The second kappa shape index (κ2) is 7.01. The van der Waals surface area contributed by atoms with Crippen molar-refractivity contribution in [3.8, 4) is 0 Å². The largest absolute Gasteiger partial charge is 0.395 e. The van der Waals surface area contributed by atoms with Crippen LogP contribution in [-0.2, 0) is 15.0 Å². The molecule has 0 radical (unpaired) electrons. The Bertz CT molecular complexity index is 374. The van der Waals surface area contributed by atoms with Gasteiger partial charge >= 0.3 is 10.2 Å². The van der Waals surface area contributed by atoms with Crippen molar-refractivity contribution in [3.63, 3.8) is 0 Å². The lowest BCUT2D eigenvalue weighted by molar-refractivity contribution is -0.127. The fraction of sp³-hybridized carbons (Fsp3) is 0.900. The fourth-order valence-electron chi connectivity index (χ4n) is 2.06. The average molecular weight is 282 g/mol. The molecule has 0 aromatic carbocycles. The summed E-state index contributed by atoms with van der Waals surface area (Å²) >= 11 is 0. The van der Waals surface area contributed by atoms with Gasteiger partial charge in [-0.15, -0.1) is 3.89 Å². The van der Waals surface area contributed by atoms with Crippen molar-refractivity contribution in [2.24, 2.45) is 5.92 Å². The summed E-state index contributed by atoms with van der Waals surface area (Å²) < 4.78 is 33.5. The van der Waals surface area contributed by atoms with Crippen molar-refractivity contribution < 1.29 is 22.2 Å². The molecule has 106 valence electrons. The van der Waals surface area contributed by atoms with E-state index in [-0.39, 0.29) is 18.9 Å². The van der Waals surface area contributed by atoms with E-state index < -0.39 is 21.9 Å². The van der Waals surface area contributed by atoms with E-state index in [9.17, 15) is 17.1 Å². The van der Waals surface area contributed by atoms with Gasteiger partial charge in [0, 0.05) is 32.0 Å². The predicted molar refractivity (Wildman–Crippen MR) is 64.2 cm³/mol. The SMILES string of the molecule is O=C1CC(CS(=O)(=O)F)CN1CCCNCCO. The van der Waals surface area contributed by atoms with Crippen molar-refractivity contribution >= 4 is 16.1 Å². The summed E-state index contributed by atoms with van der Waals surface area (Å²) in [6, 6.07) is 0. The van der Waals surface area contributed by atoms with E-state index in [0.717, 1.165) is 6.42 Å². The van der Waals surface area contributed by atoms with Crippen molar-refractivity contribution in [1.82, 2.24) is 10.2 Å². The number of aliphatic hydroxyl groups excluding tert-OH is 1. The molecule has 1 rings (SSSR count). The van der Waals surface area contributed by atoms with E-state index in [1.54, 1.807) is 4.90 Å². The van der Waals surface area contributed by atoms with Crippen LogP contribution in [0, 0.1) is 5.92 Å². The van der Waals surface area contributed by atoms with Crippen LogP contribution >= 0.6 is 0 Å². The van der Waals surface area contributed by atoms with E-state index in [4.69, 9.17) is 5.11 Å². The van der Waals surface area contributed by atoms with Gasteiger partial charge in [-0.1, -0.05) is 0 Å². The molecule has 1 atom stereocenters. The topological polar surface area (TPSA) is 86.7 Å². The summed E-state index contributed by atoms with van der Waals surface area (Å²) in [6.07, 6.45) is 0.827. The van der Waals surface area contributed by atoms with Gasteiger partial charge in [0.15, 0.2) is 0 Å². The molecule has 18 heavy (non-hydrogen) atoms. The number of carbonyl (C=O) groups is 1. The summed E-state index contributed by atoms with van der Waals surface area (Å²) in [6.45, 7) is 2.09. The Hall–Kier alpha value is -0.730. The molecular formula is C10H19FN2O4S. The number of amides is 1. The first kappa shape index (κ1) is 15.3. The van der Waals surface area contributed by atoms with Crippen LogP contribution in [0.1, 0.15) is 12.8 Å². The Morgan fingerprint density at radius 1 is 1.44 bits per heavy atom. The maximum atomic E-state index is 12.5. The lowest BCUT2D eigenvalue weighted by Gasteiger charge is -2.16. The molecule has 0 saturated carbocycles. The maximum Gasteiger partial charge on any atom is 0.302 e. The first-order valence-electron chi connectivity index (χ1n) is 5.94. The summed E-state index contributed by atoms with van der Waals surface area (Å²) in [5.74, 6) is -1.12. The van der Waals surface area contributed by atoms with E-state index in [1.165, 1.54) is 0 Å². The highest BCUT2D eigenvalue weighted by Gasteiger charge is 2.32. The van der Waals surface area contributed by atoms with Crippen molar-refractivity contribution in [1.29, 1.82) is 0 Å². The molecule has 1 unspecified atom stereocenters. The van der Waals surface area contributed by atoms with Crippen LogP contribution in [0.5, 0.6) is 0 Å². The number of rotatable bonds is 8. The number of hydrogen-bond donors (Lipinski definition) is 2. The number of carbonyl (C=O) groups excluding carboxylic acids is 1. The zero-order chi connectivity index (χ0) is 13.6. The lowest BCUT2D eigenvalue weighted by atomic mass is 10.1. The Labute approximate surface area is 106 Å². The number of likely N-dealkylation sites (tertiary alicyclic amines) is 1. The average Bonchev–Trinajstić information content (AvgIpc) is 2.56. The van der Waals surface area contributed by atoms with Gasteiger partial charge in [-0.25, -0.2) is 0 Å². The molecule has 0 aromatic rings. The Morgan fingerprint density at radius 2 is 2.17 bits per heavy atom. The summed E-state index contributed by atoms with van der Waals surface area (Å²) in [5, 5.41) is 11.5. The van der Waals surface area contributed by atoms with Crippen LogP contribution in [0.15, 0.2) is 0 Å². The number of halogens is 1. The normalized spacial score (nSPS) is 20.7. The van der Waals surface area contributed by atoms with Crippen LogP contribution in [0.3, 0.4) is 0 Å². The Morgan fingerprint density at radius 3 is 2.78 bits per heavy atom. The van der Waals surface area contributed by atoms with Gasteiger partial charge in [-0.05, 0) is 13.0 Å². The zero-order valence-electron chi connectivity index (χ0n) is 10.1. The van der Waals surface area contributed by atoms with Crippen LogP contribution in [0.2, 0.25) is 0 Å². The van der Waals surface area contributed by atoms with E-state index >= 15 is 0 Å². The van der Waals surface area contributed by atoms with Crippen LogP contribution in [0.25, 0.3) is 0 Å². The molecule has 1 aliphatic heterocycles. The molecule has 1 amide bonds. The number of nitrogens with zero attached hydrogens (tertiary/aromatic N) is 1. The Kier molecular flexibility index (Phi) is 5.97. The zero-order valence-corrected chi connectivity index (χ0v) is 11.0. The quantitative estimate of drug-likeness (QED) is 0.445. The number of nitrogens with one attached hydrogen (secondary N) is 1. The van der Waals surface area contributed by atoms with Gasteiger partial charge < -0.3 is 15.3 Å². The highest BCUT2D eigenvalue weighted by Crippen LogP contribution is 2.20. The molecule has 0 bridgehead atoms. The molecule has 1 heterocycles. The third-order valence-electron chi connectivity index (χ3n) is 2.80. The Balaban J connectivity index is 2.25. The van der Waals surface area contributed by atoms with Gasteiger partial charge in [0.25, 0.3) is 0 Å². The molecule has 6 nitrogen and oxygen atoms in total. The highest BCUT2D eigenvalue weighted by molar-refractivity contribution is 7.86. The van der Waals surface area contributed by atoms with Gasteiger partial charge in [-0.3, -0.25) is 4.79 Å². The molecule has 0 aliphatic carbocycles. The number of hydrogen-bond acceptors (Lipinski definition) is 5. The van der Waals surface area contributed by atoms with Gasteiger partial charge in [0.2, 0.25) is 5.91 Å². The standard InChI is InChI=1S/C10H19FN2O4S/c11-18(16,17)8-9-6-10(15)13(7-9)4-1-2-12-3-5-14/h9,12,14H,1-8H2. The van der Waals surface area contributed by atoms with Crippen molar-refractivity contribution in [2.75, 3.05) is 38.5 Å². The molecule has 0 aromatic heterocycles. The lowest BCUT2D eigenvalue weighted by Crippen LogP contribution is -2.30. The van der Waals surface area contributed by atoms with Crippen LogP contribution in [0.4, 0.5) is 3.89 Å². The van der Waals surface area contributed by atoms with Crippen LogP contribution in [-0.4, -0.2) is 62.9 Å². The second-order valence-corrected chi connectivity index (χ2v) is 5.85. The monoisotopic (exact) mass is 282 g/mol. The third-order valence-corrected chi connectivity index (χ3v) is 3.67. The summed E-state index contributed by atoms with van der Waals surface area (Å²) in [7, 11) is -4.51.